The topological polar surface area (TPSA) is 58.6 Å². The zero-order valence-corrected chi connectivity index (χ0v) is 11.4. The summed E-state index contributed by atoms with van der Waals surface area (Å²) in [4.78, 5) is 11.8. The molecule has 0 unspecified atom stereocenters. The average molecular weight is 289 g/mol. The molecule has 21 heavy (non-hydrogen) atoms. The van der Waals surface area contributed by atoms with Crippen LogP contribution < -0.4 is 10.1 Å². The molecule has 2 N–H and O–H groups in total. The molecule has 0 atom stereocenters. The maximum atomic E-state index is 13.0. The van der Waals surface area contributed by atoms with Crippen molar-refractivity contribution >= 4 is 11.6 Å². The number of amides is 1. The summed E-state index contributed by atoms with van der Waals surface area (Å²) in [5.41, 5.74) is 1.21. The van der Waals surface area contributed by atoms with Crippen LogP contribution >= 0.6 is 0 Å². The summed E-state index contributed by atoms with van der Waals surface area (Å²) in [6, 6.07) is 12.8. The Hall–Kier alpha value is -2.40. The van der Waals surface area contributed by atoms with Gasteiger partial charge in [0, 0.05) is 12.3 Å². The second-order valence-electron chi connectivity index (χ2n) is 4.43. The van der Waals surface area contributed by atoms with Gasteiger partial charge < -0.3 is 15.2 Å². The Morgan fingerprint density at radius 1 is 1.19 bits per heavy atom. The van der Waals surface area contributed by atoms with Gasteiger partial charge in [0.1, 0.15) is 11.6 Å². The van der Waals surface area contributed by atoms with E-state index in [9.17, 15) is 9.18 Å². The molecule has 0 aliphatic rings. The van der Waals surface area contributed by atoms with E-state index in [4.69, 9.17) is 9.84 Å². The Morgan fingerprint density at radius 2 is 2.00 bits per heavy atom. The second kappa shape index (κ2) is 7.40. The van der Waals surface area contributed by atoms with E-state index >= 15 is 0 Å². The number of benzene rings is 2. The van der Waals surface area contributed by atoms with Crippen molar-refractivity contribution in [3.8, 4) is 5.75 Å². The molecule has 0 aromatic heterocycles. The number of para-hydroxylation sites is 1. The van der Waals surface area contributed by atoms with Crippen LogP contribution in [-0.4, -0.2) is 24.2 Å². The fourth-order valence-corrected chi connectivity index (χ4v) is 1.88. The maximum absolute atomic E-state index is 13.0. The molecule has 4 nitrogen and oxygen atoms in total. The van der Waals surface area contributed by atoms with E-state index in [1.165, 1.54) is 18.2 Å². The van der Waals surface area contributed by atoms with Gasteiger partial charge in [-0.15, -0.1) is 0 Å². The van der Waals surface area contributed by atoms with E-state index in [1.807, 2.05) is 12.1 Å². The van der Waals surface area contributed by atoms with Gasteiger partial charge in [0.15, 0.2) is 6.61 Å². The molecule has 0 aliphatic carbocycles. The minimum atomic E-state index is -0.415. The number of ether oxygens (including phenoxy) is 1. The molecule has 2 aromatic carbocycles. The number of hydrogen-bond acceptors (Lipinski definition) is 3. The van der Waals surface area contributed by atoms with Crippen molar-refractivity contribution in [2.24, 2.45) is 0 Å². The van der Waals surface area contributed by atoms with Gasteiger partial charge >= 0.3 is 0 Å². The zero-order valence-electron chi connectivity index (χ0n) is 11.4. The van der Waals surface area contributed by atoms with Gasteiger partial charge in [-0.2, -0.15) is 0 Å². The summed E-state index contributed by atoms with van der Waals surface area (Å²) in [7, 11) is 0. The number of halogens is 1. The van der Waals surface area contributed by atoms with Crippen LogP contribution in [0.15, 0.2) is 48.5 Å². The first-order valence-electron chi connectivity index (χ1n) is 6.56. The highest BCUT2D eigenvalue weighted by Crippen LogP contribution is 2.18. The number of carbonyl (C=O) groups excluding carboxylic acids is 1. The van der Waals surface area contributed by atoms with Gasteiger partial charge in [0.05, 0.1) is 0 Å². The lowest BCUT2D eigenvalue weighted by atomic mass is 10.1. The molecule has 0 radical (unpaired) electrons. The van der Waals surface area contributed by atoms with Gasteiger partial charge in [0.25, 0.3) is 5.91 Å². The quantitative estimate of drug-likeness (QED) is 0.858. The summed E-state index contributed by atoms with van der Waals surface area (Å²) in [5.74, 6) is -0.234. The van der Waals surface area contributed by atoms with Crippen molar-refractivity contribution < 1.29 is 19.0 Å². The van der Waals surface area contributed by atoms with Crippen molar-refractivity contribution in [1.82, 2.24) is 0 Å². The maximum Gasteiger partial charge on any atom is 0.262 e. The third kappa shape index (κ3) is 4.57. The van der Waals surface area contributed by atoms with Crippen molar-refractivity contribution in [3.05, 3.63) is 59.9 Å². The lowest BCUT2D eigenvalue weighted by Gasteiger charge is -2.11. The van der Waals surface area contributed by atoms with Crippen molar-refractivity contribution in [2.75, 3.05) is 18.5 Å². The predicted molar refractivity (Wildman–Crippen MR) is 77.8 cm³/mol. The lowest BCUT2D eigenvalue weighted by molar-refractivity contribution is -0.118. The molecule has 0 saturated carbocycles. The summed E-state index contributed by atoms with van der Waals surface area (Å²) in [5, 5.41) is 11.5. The fourth-order valence-electron chi connectivity index (χ4n) is 1.88. The molecule has 5 heteroatoms. The smallest absolute Gasteiger partial charge is 0.262 e. The van der Waals surface area contributed by atoms with Gasteiger partial charge in [-0.05, 0) is 36.2 Å². The average Bonchev–Trinajstić information content (AvgIpc) is 2.47. The first kappa shape index (κ1) is 15.0. The predicted octanol–water partition coefficient (Wildman–Crippen LogP) is 2.38. The van der Waals surface area contributed by atoms with Crippen LogP contribution in [0.5, 0.6) is 5.75 Å². The Morgan fingerprint density at radius 3 is 2.76 bits per heavy atom. The Kier molecular flexibility index (Phi) is 5.29. The Bertz CT molecular complexity index is 616. The molecule has 0 spiro atoms. The summed E-state index contributed by atoms with van der Waals surface area (Å²) >= 11 is 0. The summed E-state index contributed by atoms with van der Waals surface area (Å²) < 4.78 is 18.4. The van der Waals surface area contributed by atoms with Crippen LogP contribution in [0.3, 0.4) is 0 Å². The number of hydrogen-bond donors (Lipinski definition) is 2. The van der Waals surface area contributed by atoms with Gasteiger partial charge in [-0.25, -0.2) is 4.39 Å². The molecule has 0 aliphatic heterocycles. The van der Waals surface area contributed by atoms with E-state index in [1.54, 1.807) is 18.2 Å². The minimum absolute atomic E-state index is 0.00978. The third-order valence-corrected chi connectivity index (χ3v) is 2.82. The highest BCUT2D eigenvalue weighted by atomic mass is 19.1. The molecule has 0 bridgehead atoms. The monoisotopic (exact) mass is 289 g/mol. The van der Waals surface area contributed by atoms with Crippen LogP contribution in [0.25, 0.3) is 0 Å². The fraction of sp³-hybridized carbons (Fsp3) is 0.188. The zero-order chi connectivity index (χ0) is 15.1. The van der Waals surface area contributed by atoms with E-state index in [0.29, 0.717) is 17.9 Å². The molecule has 1 amide bonds. The molecule has 0 saturated heterocycles. The number of nitrogens with one attached hydrogen (secondary N) is 1. The van der Waals surface area contributed by atoms with Crippen molar-refractivity contribution in [2.45, 2.75) is 6.42 Å². The van der Waals surface area contributed by atoms with Gasteiger partial charge in [-0.1, -0.05) is 24.3 Å². The Balaban J connectivity index is 1.92. The first-order chi connectivity index (χ1) is 10.2. The number of rotatable bonds is 6. The third-order valence-electron chi connectivity index (χ3n) is 2.82. The van der Waals surface area contributed by atoms with E-state index in [0.717, 1.165) is 5.56 Å². The van der Waals surface area contributed by atoms with Crippen molar-refractivity contribution in [3.63, 3.8) is 0 Å². The van der Waals surface area contributed by atoms with Crippen molar-refractivity contribution in [1.29, 1.82) is 0 Å². The van der Waals surface area contributed by atoms with Crippen LogP contribution in [0.2, 0.25) is 0 Å². The van der Waals surface area contributed by atoms with Crippen LogP contribution in [0.4, 0.5) is 10.1 Å². The Labute approximate surface area is 122 Å². The molecule has 0 fully saturated rings. The van der Waals surface area contributed by atoms with Crippen LogP contribution in [0.1, 0.15) is 5.56 Å². The molecule has 110 valence electrons. The summed E-state index contributed by atoms with van der Waals surface area (Å²) in [6.45, 7) is -0.172. The standard InChI is InChI=1S/C16H16FNO3/c17-13-5-3-6-14(10-13)18-16(20)11-21-15-7-2-1-4-12(15)8-9-19/h1-7,10,19H,8-9,11H2,(H,18,20). The van der Waals surface area contributed by atoms with Crippen LogP contribution in [0, 0.1) is 5.82 Å². The molecular formula is C16H16FNO3. The first-order valence-corrected chi connectivity index (χ1v) is 6.56. The van der Waals surface area contributed by atoms with Gasteiger partial charge in [0.2, 0.25) is 0 Å². The highest BCUT2D eigenvalue weighted by Gasteiger charge is 2.07. The SMILES string of the molecule is O=C(COc1ccccc1CCO)Nc1cccc(F)c1. The normalized spacial score (nSPS) is 10.2. The molecule has 0 heterocycles. The van der Waals surface area contributed by atoms with E-state index in [2.05, 4.69) is 5.32 Å². The van der Waals surface area contributed by atoms with E-state index in [-0.39, 0.29) is 19.1 Å². The molecule has 2 aromatic rings. The second-order valence-corrected chi connectivity index (χ2v) is 4.43. The molecule has 2 rings (SSSR count). The van der Waals surface area contributed by atoms with E-state index < -0.39 is 5.82 Å². The highest BCUT2D eigenvalue weighted by molar-refractivity contribution is 5.91. The largest absolute Gasteiger partial charge is 0.483 e. The van der Waals surface area contributed by atoms with Gasteiger partial charge in [-0.3, -0.25) is 4.79 Å². The number of aliphatic hydroxyl groups excluding tert-OH is 1. The number of carbonyl (C=O) groups is 1. The number of anilines is 1. The van der Waals surface area contributed by atoms with Crippen LogP contribution in [-0.2, 0) is 11.2 Å². The number of aliphatic hydroxyl groups is 1. The lowest BCUT2D eigenvalue weighted by Crippen LogP contribution is -2.20. The summed E-state index contributed by atoms with van der Waals surface area (Å²) in [6.07, 6.45) is 0.460. The molecular weight excluding hydrogens is 273 g/mol. The minimum Gasteiger partial charge on any atom is -0.483 e.